The normalized spacial score (nSPS) is 10.8. The summed E-state index contributed by atoms with van der Waals surface area (Å²) in [6.07, 6.45) is 2.16. The van der Waals surface area contributed by atoms with Crippen molar-refractivity contribution < 1.29 is 23.4 Å². The number of aliphatic hydroxyl groups excluding tert-OH is 1. The van der Waals surface area contributed by atoms with Gasteiger partial charge in [0.2, 0.25) is 5.91 Å². The monoisotopic (exact) mass is 333 g/mol. The van der Waals surface area contributed by atoms with Crippen molar-refractivity contribution in [2.24, 2.45) is 0 Å². The van der Waals surface area contributed by atoms with E-state index in [9.17, 15) is 13.6 Å². The number of aliphatic hydroxyl groups is 1. The fourth-order valence-electron chi connectivity index (χ4n) is 2.02. The maximum absolute atomic E-state index is 13.5. The molecule has 0 fully saturated rings. The highest BCUT2D eigenvalue weighted by Gasteiger charge is 2.06. The molecule has 126 valence electrons. The summed E-state index contributed by atoms with van der Waals surface area (Å²) in [6.45, 7) is 0.222. The third kappa shape index (κ3) is 4.89. The standard InChI is InChI=1S/C18H17F2NO3/c19-15-5-3-6-16(20)14(15)8-9-18(23)21-12-13-4-1-2-7-17(13)24-11-10-22/h1-9,22H,10-12H2,(H,21,23)/b9-8+. The minimum absolute atomic E-state index is 0.113. The molecule has 2 aromatic rings. The number of ether oxygens (including phenoxy) is 1. The Labute approximate surface area is 138 Å². The molecule has 2 rings (SSSR count). The van der Waals surface area contributed by atoms with E-state index in [2.05, 4.69) is 5.32 Å². The Kier molecular flexibility index (Phi) is 6.45. The average molecular weight is 333 g/mol. The number of rotatable bonds is 7. The van der Waals surface area contributed by atoms with Crippen LogP contribution in [-0.4, -0.2) is 24.2 Å². The lowest BCUT2D eigenvalue weighted by molar-refractivity contribution is -0.116. The molecule has 0 bridgehead atoms. The van der Waals surface area contributed by atoms with E-state index in [4.69, 9.17) is 9.84 Å². The van der Waals surface area contributed by atoms with Crippen LogP contribution in [0.3, 0.4) is 0 Å². The maximum Gasteiger partial charge on any atom is 0.244 e. The van der Waals surface area contributed by atoms with Gasteiger partial charge in [0.15, 0.2) is 0 Å². The predicted molar refractivity (Wildman–Crippen MR) is 86.3 cm³/mol. The van der Waals surface area contributed by atoms with E-state index < -0.39 is 17.5 Å². The minimum Gasteiger partial charge on any atom is -0.491 e. The summed E-state index contributed by atoms with van der Waals surface area (Å²) in [5.74, 6) is -1.41. The Morgan fingerprint density at radius 2 is 1.83 bits per heavy atom. The first-order valence-electron chi connectivity index (χ1n) is 7.33. The van der Waals surface area contributed by atoms with Crippen molar-refractivity contribution in [2.75, 3.05) is 13.2 Å². The Morgan fingerprint density at radius 1 is 1.12 bits per heavy atom. The number of benzene rings is 2. The van der Waals surface area contributed by atoms with Crippen molar-refractivity contribution in [3.8, 4) is 5.75 Å². The largest absolute Gasteiger partial charge is 0.491 e. The van der Waals surface area contributed by atoms with E-state index in [0.29, 0.717) is 5.75 Å². The third-order valence-electron chi connectivity index (χ3n) is 3.18. The van der Waals surface area contributed by atoms with Gasteiger partial charge >= 0.3 is 0 Å². The van der Waals surface area contributed by atoms with E-state index in [1.54, 1.807) is 24.3 Å². The van der Waals surface area contributed by atoms with Gasteiger partial charge in [0, 0.05) is 23.7 Å². The molecule has 0 atom stereocenters. The van der Waals surface area contributed by atoms with Crippen LogP contribution in [0.25, 0.3) is 6.08 Å². The molecule has 0 aromatic heterocycles. The number of hydrogen-bond donors (Lipinski definition) is 2. The summed E-state index contributed by atoms with van der Waals surface area (Å²) >= 11 is 0. The van der Waals surface area contributed by atoms with Crippen molar-refractivity contribution in [1.82, 2.24) is 5.32 Å². The number of carbonyl (C=O) groups is 1. The van der Waals surface area contributed by atoms with E-state index in [1.807, 2.05) is 0 Å². The molecule has 6 heteroatoms. The van der Waals surface area contributed by atoms with Crippen LogP contribution in [0.4, 0.5) is 8.78 Å². The highest BCUT2D eigenvalue weighted by Crippen LogP contribution is 2.17. The molecule has 0 unspecified atom stereocenters. The summed E-state index contributed by atoms with van der Waals surface area (Å²) in [5, 5.41) is 11.4. The van der Waals surface area contributed by atoms with Crippen LogP contribution < -0.4 is 10.1 Å². The average Bonchev–Trinajstić information content (AvgIpc) is 2.58. The lowest BCUT2D eigenvalue weighted by atomic mass is 10.1. The second kappa shape index (κ2) is 8.79. The number of amides is 1. The molecule has 0 aliphatic heterocycles. The molecule has 0 aliphatic rings. The molecule has 2 aromatic carbocycles. The zero-order chi connectivity index (χ0) is 17.4. The van der Waals surface area contributed by atoms with Gasteiger partial charge in [-0.25, -0.2) is 8.78 Å². The van der Waals surface area contributed by atoms with Crippen molar-refractivity contribution in [3.05, 3.63) is 71.3 Å². The molecule has 0 heterocycles. The molecule has 0 aliphatic carbocycles. The highest BCUT2D eigenvalue weighted by atomic mass is 19.1. The molecular formula is C18H17F2NO3. The number of carbonyl (C=O) groups excluding carboxylic acids is 1. The summed E-state index contributed by atoms with van der Waals surface area (Å²) in [7, 11) is 0. The highest BCUT2D eigenvalue weighted by molar-refractivity contribution is 5.91. The fraction of sp³-hybridized carbons (Fsp3) is 0.167. The molecular weight excluding hydrogens is 316 g/mol. The summed E-state index contributed by atoms with van der Waals surface area (Å²) in [6, 6.07) is 10.6. The molecule has 0 spiro atoms. The van der Waals surface area contributed by atoms with Crippen LogP contribution in [0.5, 0.6) is 5.75 Å². The van der Waals surface area contributed by atoms with Gasteiger partial charge in [-0.2, -0.15) is 0 Å². The quantitative estimate of drug-likeness (QED) is 0.766. The van der Waals surface area contributed by atoms with Gasteiger partial charge in [0.25, 0.3) is 0 Å². The van der Waals surface area contributed by atoms with Gasteiger partial charge in [0.1, 0.15) is 24.0 Å². The van der Waals surface area contributed by atoms with Crippen molar-refractivity contribution in [3.63, 3.8) is 0 Å². The summed E-state index contributed by atoms with van der Waals surface area (Å²) < 4.78 is 32.3. The van der Waals surface area contributed by atoms with Gasteiger partial charge in [0.05, 0.1) is 6.61 Å². The molecule has 0 radical (unpaired) electrons. The summed E-state index contributed by atoms with van der Waals surface area (Å²) in [4.78, 5) is 11.8. The van der Waals surface area contributed by atoms with Crippen LogP contribution in [0, 0.1) is 11.6 Å². The second-order valence-electron chi connectivity index (χ2n) is 4.87. The van der Waals surface area contributed by atoms with Crippen LogP contribution in [0.15, 0.2) is 48.5 Å². The minimum atomic E-state index is -0.734. The van der Waals surface area contributed by atoms with Crippen molar-refractivity contribution >= 4 is 12.0 Å². The Morgan fingerprint density at radius 3 is 2.54 bits per heavy atom. The zero-order valence-electron chi connectivity index (χ0n) is 12.8. The molecule has 0 saturated heterocycles. The molecule has 24 heavy (non-hydrogen) atoms. The smallest absolute Gasteiger partial charge is 0.244 e. The predicted octanol–water partition coefficient (Wildman–Crippen LogP) is 2.67. The SMILES string of the molecule is O=C(/C=C/c1c(F)cccc1F)NCc1ccccc1OCCO. The second-order valence-corrected chi connectivity index (χ2v) is 4.87. The zero-order valence-corrected chi connectivity index (χ0v) is 12.8. The first kappa shape index (κ1) is 17.6. The van der Waals surface area contributed by atoms with Gasteiger partial charge in [-0.3, -0.25) is 4.79 Å². The van der Waals surface area contributed by atoms with Gasteiger partial charge in [-0.1, -0.05) is 24.3 Å². The number of halogens is 2. The molecule has 1 amide bonds. The first-order chi connectivity index (χ1) is 11.6. The fourth-order valence-corrected chi connectivity index (χ4v) is 2.02. The van der Waals surface area contributed by atoms with Crippen LogP contribution in [0.2, 0.25) is 0 Å². The first-order valence-corrected chi connectivity index (χ1v) is 7.33. The Hall–Kier alpha value is -2.73. The maximum atomic E-state index is 13.5. The Bertz CT molecular complexity index is 712. The number of hydrogen-bond acceptors (Lipinski definition) is 3. The van der Waals surface area contributed by atoms with Gasteiger partial charge in [-0.15, -0.1) is 0 Å². The Balaban J connectivity index is 1.98. The van der Waals surface area contributed by atoms with Crippen molar-refractivity contribution in [1.29, 1.82) is 0 Å². The van der Waals surface area contributed by atoms with E-state index in [0.717, 1.165) is 29.8 Å². The van der Waals surface area contributed by atoms with Gasteiger partial charge < -0.3 is 15.2 Å². The van der Waals surface area contributed by atoms with Crippen molar-refractivity contribution in [2.45, 2.75) is 6.54 Å². The molecule has 0 saturated carbocycles. The lowest BCUT2D eigenvalue weighted by Crippen LogP contribution is -2.20. The van der Waals surface area contributed by atoms with Gasteiger partial charge in [-0.05, 0) is 24.3 Å². The number of para-hydroxylation sites is 1. The van der Waals surface area contributed by atoms with E-state index in [1.165, 1.54) is 6.07 Å². The molecule has 4 nitrogen and oxygen atoms in total. The van der Waals surface area contributed by atoms with Crippen LogP contribution in [0.1, 0.15) is 11.1 Å². The van der Waals surface area contributed by atoms with E-state index in [-0.39, 0.29) is 25.3 Å². The lowest BCUT2D eigenvalue weighted by Gasteiger charge is -2.10. The third-order valence-corrected chi connectivity index (χ3v) is 3.18. The summed E-state index contributed by atoms with van der Waals surface area (Å²) in [5.41, 5.74) is 0.462. The van der Waals surface area contributed by atoms with Crippen LogP contribution in [-0.2, 0) is 11.3 Å². The molecule has 2 N–H and O–H groups in total. The van der Waals surface area contributed by atoms with Crippen LogP contribution >= 0.6 is 0 Å². The number of nitrogens with one attached hydrogen (secondary N) is 1. The van der Waals surface area contributed by atoms with E-state index >= 15 is 0 Å². The topological polar surface area (TPSA) is 58.6 Å².